The van der Waals surface area contributed by atoms with Crippen LogP contribution in [0.25, 0.3) is 0 Å². The normalized spacial score (nSPS) is 15.1. The lowest BCUT2D eigenvalue weighted by Gasteiger charge is -2.27. The second kappa shape index (κ2) is 12.1. The van der Waals surface area contributed by atoms with E-state index in [-0.39, 0.29) is 11.8 Å². The van der Waals surface area contributed by atoms with Crippen LogP contribution in [0.2, 0.25) is 0 Å². The second-order valence-corrected chi connectivity index (χ2v) is 9.27. The highest BCUT2D eigenvalue weighted by molar-refractivity contribution is 7.79. The lowest BCUT2D eigenvalue weighted by Crippen LogP contribution is -2.47. The van der Waals surface area contributed by atoms with Gasteiger partial charge in [0, 0.05) is 38.6 Å². The van der Waals surface area contributed by atoms with E-state index in [1.165, 1.54) is 5.56 Å². The van der Waals surface area contributed by atoms with Crippen molar-refractivity contribution in [3.8, 4) is 5.75 Å². The monoisotopic (exact) mass is 508 g/mol. The van der Waals surface area contributed by atoms with Crippen molar-refractivity contribution < 1.29 is 31.8 Å². The summed E-state index contributed by atoms with van der Waals surface area (Å²) >= 11 is 0. The molecule has 1 aromatic heterocycles. The summed E-state index contributed by atoms with van der Waals surface area (Å²) in [6.45, 7) is 7.96. The first kappa shape index (κ1) is 28.2. The Morgan fingerprint density at radius 2 is 1.69 bits per heavy atom. The van der Waals surface area contributed by atoms with Crippen molar-refractivity contribution in [2.75, 3.05) is 36.5 Å². The molecule has 2 aromatic rings. The van der Waals surface area contributed by atoms with Gasteiger partial charge < -0.3 is 19.9 Å². The van der Waals surface area contributed by atoms with Crippen LogP contribution in [-0.2, 0) is 26.5 Å². The van der Waals surface area contributed by atoms with Crippen molar-refractivity contribution in [2.24, 2.45) is 5.41 Å². The van der Waals surface area contributed by atoms with E-state index >= 15 is 0 Å². The number of nitrogens with one attached hydrogen (secondary N) is 1. The Hall–Kier alpha value is -3.06. The summed E-state index contributed by atoms with van der Waals surface area (Å²) in [5.41, 5.74) is 1.51. The fraction of sp³-hybridized carbons (Fsp3) is 0.435. The van der Waals surface area contributed by atoms with Crippen LogP contribution in [-0.4, -0.2) is 61.1 Å². The highest BCUT2D eigenvalue weighted by Crippen LogP contribution is 2.40. The Bertz CT molecular complexity index is 1120. The third kappa shape index (κ3) is 7.99. The molecule has 0 radical (unpaired) electrons. The van der Waals surface area contributed by atoms with Crippen LogP contribution < -0.4 is 19.9 Å². The third-order valence-electron chi connectivity index (χ3n) is 5.38. The first-order chi connectivity index (χ1) is 16.4. The minimum absolute atomic E-state index is 0.186. The van der Waals surface area contributed by atoms with Crippen LogP contribution in [0.5, 0.6) is 5.75 Å². The fourth-order valence-electron chi connectivity index (χ4n) is 3.59. The van der Waals surface area contributed by atoms with Gasteiger partial charge in [0.2, 0.25) is 11.8 Å². The first-order valence-corrected chi connectivity index (χ1v) is 12.4. The quantitative estimate of drug-likeness (QED) is 0.277. The van der Waals surface area contributed by atoms with E-state index in [0.717, 1.165) is 25.2 Å². The summed E-state index contributed by atoms with van der Waals surface area (Å²) in [6.07, 6.45) is 4.42. The maximum Gasteiger partial charge on any atom is 0.394 e. The van der Waals surface area contributed by atoms with Gasteiger partial charge in [-0.3, -0.25) is 23.7 Å². The molecular formula is C23H32N4O7S. The van der Waals surface area contributed by atoms with Crippen molar-refractivity contribution in [1.82, 2.24) is 10.3 Å². The number of nitrogens with zero attached hydrogens (tertiary/aromatic N) is 3. The summed E-state index contributed by atoms with van der Waals surface area (Å²) in [6, 6.07) is 9.54. The summed E-state index contributed by atoms with van der Waals surface area (Å²) < 4.78 is 37.5. The van der Waals surface area contributed by atoms with E-state index in [4.69, 9.17) is 22.3 Å². The lowest BCUT2D eigenvalue weighted by molar-refractivity contribution is -0.137. The molecule has 0 saturated heterocycles. The van der Waals surface area contributed by atoms with Crippen molar-refractivity contribution in [1.29, 1.82) is 0 Å². The molecule has 0 spiro atoms. The van der Waals surface area contributed by atoms with Gasteiger partial charge in [0.15, 0.2) is 0 Å². The number of fused-ring (bicyclic) bond motifs is 1. The minimum Gasteiger partial charge on any atom is -0.493 e. The number of benzene rings is 1. The number of hydrogen-bond acceptors (Lipinski definition) is 7. The van der Waals surface area contributed by atoms with Gasteiger partial charge in [-0.2, -0.15) is 8.42 Å². The largest absolute Gasteiger partial charge is 0.493 e. The summed E-state index contributed by atoms with van der Waals surface area (Å²) in [4.78, 5) is 33.0. The number of hydrogen-bond donors (Lipinski definition) is 3. The molecule has 0 bridgehead atoms. The zero-order valence-corrected chi connectivity index (χ0v) is 21.1. The minimum atomic E-state index is -4.67. The Morgan fingerprint density at radius 1 is 1.06 bits per heavy atom. The van der Waals surface area contributed by atoms with Crippen molar-refractivity contribution in [3.05, 3.63) is 48.3 Å². The predicted octanol–water partition coefficient (Wildman–Crippen LogP) is 2.34. The van der Waals surface area contributed by atoms with Crippen LogP contribution in [0.3, 0.4) is 0 Å². The molecule has 1 aliphatic rings. The lowest BCUT2D eigenvalue weighted by atomic mass is 9.90. The maximum atomic E-state index is 12.9. The van der Waals surface area contributed by atoms with E-state index in [2.05, 4.69) is 10.3 Å². The smallest absolute Gasteiger partial charge is 0.394 e. The van der Waals surface area contributed by atoms with Gasteiger partial charge >= 0.3 is 10.4 Å². The average Bonchev–Trinajstić information content (AvgIpc) is 2.85. The molecule has 2 amide bonds. The molecule has 2 heterocycles. The van der Waals surface area contributed by atoms with Crippen LogP contribution in [0, 0.1) is 5.41 Å². The van der Waals surface area contributed by atoms with Crippen molar-refractivity contribution in [2.45, 2.75) is 33.7 Å². The van der Waals surface area contributed by atoms with E-state index in [1.54, 1.807) is 43.1 Å². The number of anilines is 2. The molecule has 0 saturated carbocycles. The molecule has 0 unspecified atom stereocenters. The molecule has 0 atom stereocenters. The number of carbonyl (C=O) groups excluding carboxylic acids is 2. The second-order valence-electron chi connectivity index (χ2n) is 8.37. The van der Waals surface area contributed by atoms with Crippen molar-refractivity contribution in [3.63, 3.8) is 0 Å². The summed E-state index contributed by atoms with van der Waals surface area (Å²) in [5, 5.41) is 3.38. The van der Waals surface area contributed by atoms with Crippen molar-refractivity contribution >= 4 is 33.6 Å². The van der Waals surface area contributed by atoms with E-state index < -0.39 is 15.8 Å². The van der Waals surface area contributed by atoms with E-state index in [0.29, 0.717) is 24.6 Å². The topological polar surface area (TPSA) is 149 Å². The van der Waals surface area contributed by atoms with Gasteiger partial charge in [-0.15, -0.1) is 0 Å². The maximum absolute atomic E-state index is 12.9. The highest BCUT2D eigenvalue weighted by Gasteiger charge is 2.45. The number of carbonyl (C=O) groups is 2. The molecule has 35 heavy (non-hydrogen) atoms. The first-order valence-electron chi connectivity index (χ1n) is 11.0. The molecular weight excluding hydrogens is 476 g/mol. The number of aromatic nitrogens is 1. The van der Waals surface area contributed by atoms with Crippen LogP contribution >= 0.6 is 0 Å². The SMILES string of the molecule is CCN1C(=O)C(C)(C)C(=O)N(C)c2cc(OCCCNCc3ccncc3)ccc21.O=S(=O)(O)O. The number of ether oxygens (including phenoxy) is 1. The van der Waals surface area contributed by atoms with Gasteiger partial charge in [0.25, 0.3) is 0 Å². The fourth-order valence-corrected chi connectivity index (χ4v) is 3.59. The highest BCUT2D eigenvalue weighted by atomic mass is 32.3. The standard InChI is InChI=1S/C23H30N4O3.H2O4S/c1-5-27-19-8-7-18(15-20(19)26(4)21(28)23(2,3)22(27)29)30-14-6-11-25-16-17-9-12-24-13-10-17;1-5(2,3)4/h7-10,12-13,15,25H,5-6,11,14,16H2,1-4H3;(H2,1,2,3,4). The molecule has 192 valence electrons. The number of rotatable bonds is 8. The predicted molar refractivity (Wildman–Crippen MR) is 132 cm³/mol. The Labute approximate surface area is 205 Å². The Kier molecular flexibility index (Phi) is 9.72. The van der Waals surface area contributed by atoms with E-state index in [9.17, 15) is 9.59 Å². The Morgan fingerprint density at radius 3 is 2.29 bits per heavy atom. The molecule has 1 aliphatic heterocycles. The summed E-state index contributed by atoms with van der Waals surface area (Å²) in [7, 11) is -2.96. The van der Waals surface area contributed by atoms with E-state index in [1.807, 2.05) is 37.3 Å². The third-order valence-corrected chi connectivity index (χ3v) is 5.38. The van der Waals surface area contributed by atoms with Gasteiger partial charge in [-0.05, 0) is 63.6 Å². The van der Waals surface area contributed by atoms with Crippen LogP contribution in [0.15, 0.2) is 42.7 Å². The van der Waals surface area contributed by atoms with Gasteiger partial charge in [-0.1, -0.05) is 0 Å². The van der Waals surface area contributed by atoms with Crippen LogP contribution in [0.4, 0.5) is 11.4 Å². The zero-order valence-electron chi connectivity index (χ0n) is 20.3. The van der Waals surface area contributed by atoms with Gasteiger partial charge in [-0.25, -0.2) is 0 Å². The molecule has 0 aliphatic carbocycles. The molecule has 1 aromatic carbocycles. The molecule has 0 fully saturated rings. The number of pyridine rings is 1. The van der Waals surface area contributed by atoms with Gasteiger partial charge in [0.05, 0.1) is 18.0 Å². The molecule has 11 nitrogen and oxygen atoms in total. The molecule has 3 N–H and O–H groups in total. The molecule has 3 rings (SSSR count). The average molecular weight is 509 g/mol. The van der Waals surface area contributed by atoms with Crippen LogP contribution in [0.1, 0.15) is 32.8 Å². The zero-order chi connectivity index (χ0) is 26.2. The molecule has 12 heteroatoms. The van der Waals surface area contributed by atoms with Gasteiger partial charge in [0.1, 0.15) is 11.2 Å². The Balaban J connectivity index is 0.000000784. The number of amides is 2. The summed E-state index contributed by atoms with van der Waals surface area (Å²) in [5.74, 6) is 0.280.